The summed E-state index contributed by atoms with van der Waals surface area (Å²) in [5.74, 6) is -0.474. The topological polar surface area (TPSA) is 90.3 Å². The first-order chi connectivity index (χ1) is 14.5. The van der Waals surface area contributed by atoms with E-state index in [0.29, 0.717) is 5.56 Å². The van der Waals surface area contributed by atoms with Crippen molar-refractivity contribution in [2.75, 3.05) is 0 Å². The number of esters is 1. The summed E-state index contributed by atoms with van der Waals surface area (Å²) in [5, 5.41) is 4.16. The highest BCUT2D eigenvalue weighted by Crippen LogP contribution is 2.22. The minimum Gasteiger partial charge on any atom is -0.458 e. The zero-order valence-corrected chi connectivity index (χ0v) is 17.0. The maximum Gasteiger partial charge on any atom is 0.331 e. The molecular weight excluding hydrogens is 402 g/mol. The fourth-order valence-electron chi connectivity index (χ4n) is 2.78. The number of hydrogen-bond acceptors (Lipinski definition) is 5. The molecule has 1 fully saturated rings. The number of rotatable bonds is 8. The summed E-state index contributed by atoms with van der Waals surface area (Å²) in [6.45, 7) is 0.159. The maximum atomic E-state index is 12.2. The molecule has 154 valence electrons. The van der Waals surface area contributed by atoms with Gasteiger partial charge in [0.15, 0.2) is 0 Å². The van der Waals surface area contributed by atoms with E-state index in [4.69, 9.17) is 4.74 Å². The van der Waals surface area contributed by atoms with Gasteiger partial charge in [-0.3, -0.25) is 0 Å². The maximum absolute atomic E-state index is 12.2. The predicted molar refractivity (Wildman–Crippen MR) is 112 cm³/mol. The molecule has 0 atom stereocenters. The van der Waals surface area contributed by atoms with Crippen LogP contribution in [-0.4, -0.2) is 30.2 Å². The van der Waals surface area contributed by atoms with E-state index in [9.17, 15) is 13.2 Å². The molecule has 7 nitrogen and oxygen atoms in total. The van der Waals surface area contributed by atoms with Crippen molar-refractivity contribution in [3.05, 3.63) is 84.2 Å². The molecule has 1 aliphatic carbocycles. The van der Waals surface area contributed by atoms with Gasteiger partial charge in [0.2, 0.25) is 10.0 Å². The fourth-order valence-corrected chi connectivity index (χ4v) is 4.09. The third-order valence-electron chi connectivity index (χ3n) is 4.59. The smallest absolute Gasteiger partial charge is 0.331 e. The standard InChI is InChI=1S/C22H21N3O4S/c26-22(29-16-18-2-9-20(10-3-18)25-15-1-14-23-25)13-6-17-4-11-21(12-5-17)30(27,28)24-19-7-8-19/h1-6,9-15,19,24H,7-8,16H2/b13-6+. The highest BCUT2D eigenvalue weighted by atomic mass is 32.2. The molecule has 4 rings (SSSR count). The summed E-state index contributed by atoms with van der Waals surface area (Å²) >= 11 is 0. The van der Waals surface area contributed by atoms with Crippen LogP contribution >= 0.6 is 0 Å². The van der Waals surface area contributed by atoms with Crippen LogP contribution in [0, 0.1) is 0 Å². The van der Waals surface area contributed by atoms with E-state index >= 15 is 0 Å². The normalized spacial score (nSPS) is 14.1. The van der Waals surface area contributed by atoms with E-state index in [1.807, 2.05) is 36.5 Å². The molecule has 8 heteroatoms. The van der Waals surface area contributed by atoms with E-state index in [2.05, 4.69) is 9.82 Å². The molecule has 0 saturated heterocycles. The first-order valence-electron chi connectivity index (χ1n) is 9.56. The largest absolute Gasteiger partial charge is 0.458 e. The molecule has 1 aromatic heterocycles. The van der Waals surface area contributed by atoms with Crippen LogP contribution in [0.15, 0.2) is 78.0 Å². The predicted octanol–water partition coefficient (Wildman–Crippen LogP) is 3.07. The molecule has 30 heavy (non-hydrogen) atoms. The van der Waals surface area contributed by atoms with Crippen LogP contribution in [0.3, 0.4) is 0 Å². The molecule has 3 aromatic rings. The highest BCUT2D eigenvalue weighted by molar-refractivity contribution is 7.89. The van der Waals surface area contributed by atoms with Gasteiger partial charge in [-0.1, -0.05) is 24.3 Å². The average Bonchev–Trinajstić information content (AvgIpc) is 3.38. The molecule has 1 heterocycles. The zero-order valence-electron chi connectivity index (χ0n) is 16.1. The van der Waals surface area contributed by atoms with E-state index < -0.39 is 16.0 Å². The lowest BCUT2D eigenvalue weighted by Crippen LogP contribution is -2.25. The minimum atomic E-state index is -3.47. The molecule has 0 bridgehead atoms. The van der Waals surface area contributed by atoms with Crippen molar-refractivity contribution in [3.63, 3.8) is 0 Å². The lowest BCUT2D eigenvalue weighted by atomic mass is 10.2. The van der Waals surface area contributed by atoms with E-state index in [1.54, 1.807) is 29.1 Å². The molecule has 1 saturated carbocycles. The Morgan fingerprint density at radius 1 is 1.13 bits per heavy atom. The van der Waals surface area contributed by atoms with Crippen LogP contribution in [-0.2, 0) is 26.2 Å². The van der Waals surface area contributed by atoms with Gasteiger partial charge < -0.3 is 4.74 Å². The van der Waals surface area contributed by atoms with Crippen molar-refractivity contribution < 1.29 is 17.9 Å². The van der Waals surface area contributed by atoms with Crippen molar-refractivity contribution in [2.45, 2.75) is 30.4 Å². The zero-order chi connectivity index (χ0) is 21.0. The van der Waals surface area contributed by atoms with Gasteiger partial charge in [-0.2, -0.15) is 5.10 Å². The number of nitrogens with one attached hydrogen (secondary N) is 1. The van der Waals surface area contributed by atoms with Crippen LogP contribution < -0.4 is 4.72 Å². The minimum absolute atomic E-state index is 0.0612. The Labute approximate surface area is 175 Å². The number of aromatic nitrogens is 2. The third-order valence-corrected chi connectivity index (χ3v) is 6.12. The number of benzene rings is 2. The lowest BCUT2D eigenvalue weighted by molar-refractivity contribution is -0.138. The van der Waals surface area contributed by atoms with Gasteiger partial charge in [0.1, 0.15) is 6.61 Å². The van der Waals surface area contributed by atoms with Crippen LogP contribution in [0.5, 0.6) is 0 Å². The summed E-state index contributed by atoms with van der Waals surface area (Å²) in [6, 6.07) is 15.8. The second-order valence-corrected chi connectivity index (χ2v) is 8.74. The summed E-state index contributed by atoms with van der Waals surface area (Å²) < 4.78 is 34.0. The quantitative estimate of drug-likeness (QED) is 0.444. The van der Waals surface area contributed by atoms with Crippen molar-refractivity contribution in [1.82, 2.24) is 14.5 Å². The highest BCUT2D eigenvalue weighted by Gasteiger charge is 2.27. The van der Waals surface area contributed by atoms with Gasteiger partial charge >= 0.3 is 5.97 Å². The molecule has 0 amide bonds. The number of ether oxygens (including phenoxy) is 1. The summed E-state index contributed by atoms with van der Waals surface area (Å²) in [4.78, 5) is 12.2. The first kappa shape index (κ1) is 20.1. The SMILES string of the molecule is O=C(/C=C/c1ccc(S(=O)(=O)NC2CC2)cc1)OCc1ccc(-n2cccn2)cc1. The number of carbonyl (C=O) groups is 1. The molecule has 0 radical (unpaired) electrons. The summed E-state index contributed by atoms with van der Waals surface area (Å²) in [5.41, 5.74) is 2.50. The molecule has 0 unspecified atom stereocenters. The van der Waals surface area contributed by atoms with Gasteiger partial charge in [0, 0.05) is 24.5 Å². The van der Waals surface area contributed by atoms with E-state index in [0.717, 1.165) is 24.1 Å². The monoisotopic (exact) mass is 423 g/mol. The molecule has 0 aliphatic heterocycles. The molecular formula is C22H21N3O4S. The number of nitrogens with zero attached hydrogens (tertiary/aromatic N) is 2. The van der Waals surface area contributed by atoms with E-state index in [-0.39, 0.29) is 17.5 Å². The fraction of sp³-hybridized carbons (Fsp3) is 0.182. The Bertz CT molecular complexity index is 1130. The number of carbonyl (C=O) groups excluding carboxylic acids is 1. The van der Waals surface area contributed by atoms with Crippen LogP contribution in [0.4, 0.5) is 0 Å². The molecule has 1 N–H and O–H groups in total. The van der Waals surface area contributed by atoms with Crippen LogP contribution in [0.1, 0.15) is 24.0 Å². The second-order valence-electron chi connectivity index (χ2n) is 7.02. The first-order valence-corrected chi connectivity index (χ1v) is 11.0. The molecule has 0 spiro atoms. The Morgan fingerprint density at radius 2 is 1.87 bits per heavy atom. The van der Waals surface area contributed by atoms with Crippen molar-refractivity contribution in [3.8, 4) is 5.69 Å². The van der Waals surface area contributed by atoms with Crippen molar-refractivity contribution in [1.29, 1.82) is 0 Å². The Balaban J connectivity index is 1.29. The van der Waals surface area contributed by atoms with Crippen molar-refractivity contribution >= 4 is 22.1 Å². The van der Waals surface area contributed by atoms with Gasteiger partial charge in [-0.05, 0) is 60.4 Å². The Morgan fingerprint density at radius 3 is 2.50 bits per heavy atom. The van der Waals surface area contributed by atoms with Gasteiger partial charge in [0.25, 0.3) is 0 Å². The second kappa shape index (κ2) is 8.64. The van der Waals surface area contributed by atoms with Crippen LogP contribution in [0.25, 0.3) is 11.8 Å². The lowest BCUT2D eigenvalue weighted by Gasteiger charge is -2.06. The van der Waals surface area contributed by atoms with E-state index in [1.165, 1.54) is 18.2 Å². The summed E-state index contributed by atoms with van der Waals surface area (Å²) in [7, 11) is -3.47. The average molecular weight is 423 g/mol. The van der Waals surface area contributed by atoms with Gasteiger partial charge in [-0.15, -0.1) is 0 Å². The van der Waals surface area contributed by atoms with Gasteiger partial charge in [0.05, 0.1) is 10.6 Å². The van der Waals surface area contributed by atoms with Crippen LogP contribution in [0.2, 0.25) is 0 Å². The Kier molecular flexibility index (Phi) is 5.78. The molecule has 2 aromatic carbocycles. The van der Waals surface area contributed by atoms with Gasteiger partial charge in [-0.25, -0.2) is 22.6 Å². The molecule has 1 aliphatic rings. The number of hydrogen-bond donors (Lipinski definition) is 1. The Hall–Kier alpha value is -3.23. The number of sulfonamides is 1. The third kappa shape index (κ3) is 5.22. The van der Waals surface area contributed by atoms with Crippen molar-refractivity contribution in [2.24, 2.45) is 0 Å². The summed E-state index contributed by atoms with van der Waals surface area (Å²) in [6.07, 6.45) is 8.25.